The lowest BCUT2D eigenvalue weighted by Crippen LogP contribution is -2.26. The fourth-order valence-electron chi connectivity index (χ4n) is 2.80. The molecule has 7 heteroatoms. The van der Waals surface area contributed by atoms with Crippen molar-refractivity contribution in [1.29, 1.82) is 0 Å². The minimum absolute atomic E-state index is 0.0718. The largest absolute Gasteiger partial charge is 0.481 e. The summed E-state index contributed by atoms with van der Waals surface area (Å²) in [5.74, 6) is -1.09. The summed E-state index contributed by atoms with van der Waals surface area (Å²) in [4.78, 5) is 29.1. The molecule has 0 aliphatic heterocycles. The zero-order chi connectivity index (χ0) is 20.0. The highest BCUT2D eigenvalue weighted by molar-refractivity contribution is 6.06. The third-order valence-corrected chi connectivity index (χ3v) is 4.22. The van der Waals surface area contributed by atoms with Gasteiger partial charge in [0, 0.05) is 24.7 Å². The number of rotatable bonds is 7. The Hall–Kier alpha value is -3.35. The van der Waals surface area contributed by atoms with Crippen LogP contribution in [-0.4, -0.2) is 30.0 Å². The third kappa shape index (κ3) is 5.31. The van der Waals surface area contributed by atoms with Crippen LogP contribution in [0.2, 0.25) is 0 Å². The van der Waals surface area contributed by atoms with Gasteiger partial charge in [0.05, 0.1) is 5.69 Å². The summed E-state index contributed by atoms with van der Waals surface area (Å²) in [7, 11) is 1.70. The predicted molar refractivity (Wildman–Crippen MR) is 106 cm³/mol. The first-order chi connectivity index (χ1) is 12.8. The molecule has 0 heterocycles. The normalized spacial score (nSPS) is 10.3. The summed E-state index contributed by atoms with van der Waals surface area (Å²) in [6, 6.07) is 12.4. The zero-order valence-electron chi connectivity index (χ0n) is 15.5. The van der Waals surface area contributed by atoms with Crippen molar-refractivity contribution in [1.82, 2.24) is 0 Å². The standard InChI is InChI=1S/C20H24N4O3/c1-3-13-12-17(9-7-14(13)8-10-18(25)26)24(2)19(27)15-5-4-6-16(11-15)23-20(21)22/h4-7,9,11-12H,3,8,10H2,1-2H3,(H,25,26)(H4,21,22,23). The number of nitrogens with zero attached hydrogens (tertiary/aromatic N) is 2. The summed E-state index contributed by atoms with van der Waals surface area (Å²) in [6.45, 7) is 2.00. The molecule has 0 bridgehead atoms. The fraction of sp³-hybridized carbons (Fsp3) is 0.250. The molecule has 142 valence electrons. The van der Waals surface area contributed by atoms with Crippen LogP contribution in [0, 0.1) is 0 Å². The summed E-state index contributed by atoms with van der Waals surface area (Å²) >= 11 is 0. The van der Waals surface area contributed by atoms with Crippen molar-refractivity contribution in [2.45, 2.75) is 26.2 Å². The van der Waals surface area contributed by atoms with Gasteiger partial charge in [-0.3, -0.25) is 9.59 Å². The number of amides is 1. The van der Waals surface area contributed by atoms with Gasteiger partial charge >= 0.3 is 5.97 Å². The van der Waals surface area contributed by atoms with Crippen molar-refractivity contribution in [3.05, 3.63) is 59.2 Å². The number of nitrogens with two attached hydrogens (primary N) is 2. The molecule has 0 unspecified atom stereocenters. The number of benzene rings is 2. The lowest BCUT2D eigenvalue weighted by atomic mass is 9.99. The molecule has 0 spiro atoms. The van der Waals surface area contributed by atoms with E-state index in [1.165, 1.54) is 0 Å². The van der Waals surface area contributed by atoms with E-state index in [1.54, 1.807) is 36.2 Å². The Morgan fingerprint density at radius 1 is 1.11 bits per heavy atom. The minimum Gasteiger partial charge on any atom is -0.481 e. The summed E-state index contributed by atoms with van der Waals surface area (Å²) in [5, 5.41) is 8.88. The van der Waals surface area contributed by atoms with Crippen LogP contribution in [-0.2, 0) is 17.6 Å². The number of carboxylic acids is 1. The maximum atomic E-state index is 12.8. The lowest BCUT2D eigenvalue weighted by molar-refractivity contribution is -0.136. The van der Waals surface area contributed by atoms with Crippen LogP contribution in [0.4, 0.5) is 11.4 Å². The maximum Gasteiger partial charge on any atom is 0.303 e. The molecule has 7 nitrogen and oxygen atoms in total. The van der Waals surface area contributed by atoms with E-state index in [0.29, 0.717) is 17.7 Å². The zero-order valence-corrected chi connectivity index (χ0v) is 15.5. The highest BCUT2D eigenvalue weighted by Crippen LogP contribution is 2.23. The molecule has 2 aromatic carbocycles. The first kappa shape index (κ1) is 20.0. The Kier molecular flexibility index (Phi) is 6.54. The number of carbonyl (C=O) groups excluding carboxylic acids is 1. The van der Waals surface area contributed by atoms with Gasteiger partial charge in [-0.05, 0) is 54.3 Å². The van der Waals surface area contributed by atoms with Gasteiger partial charge in [-0.15, -0.1) is 0 Å². The van der Waals surface area contributed by atoms with Gasteiger partial charge < -0.3 is 21.5 Å². The smallest absolute Gasteiger partial charge is 0.303 e. The van der Waals surface area contributed by atoms with Crippen LogP contribution in [0.25, 0.3) is 0 Å². The predicted octanol–water partition coefficient (Wildman–Crippen LogP) is 2.45. The Morgan fingerprint density at radius 3 is 2.48 bits per heavy atom. The number of aliphatic imine (C=N–C) groups is 1. The second-order valence-electron chi connectivity index (χ2n) is 6.15. The number of aryl methyl sites for hydroxylation is 2. The number of carboxylic acid groups (broad SMARTS) is 1. The molecular weight excluding hydrogens is 344 g/mol. The van der Waals surface area contributed by atoms with Gasteiger partial charge in [-0.2, -0.15) is 0 Å². The van der Waals surface area contributed by atoms with Crippen molar-refractivity contribution in [2.75, 3.05) is 11.9 Å². The fourth-order valence-corrected chi connectivity index (χ4v) is 2.80. The first-order valence-electron chi connectivity index (χ1n) is 8.63. The van der Waals surface area contributed by atoms with Crippen LogP contribution in [0.15, 0.2) is 47.5 Å². The van der Waals surface area contributed by atoms with Gasteiger partial charge in [0.25, 0.3) is 5.91 Å². The number of hydrogen-bond acceptors (Lipinski definition) is 3. The van der Waals surface area contributed by atoms with E-state index >= 15 is 0 Å². The van der Waals surface area contributed by atoms with E-state index in [4.69, 9.17) is 16.6 Å². The van der Waals surface area contributed by atoms with E-state index in [2.05, 4.69) is 4.99 Å². The van der Waals surface area contributed by atoms with Gasteiger partial charge in [-0.1, -0.05) is 19.1 Å². The van der Waals surface area contributed by atoms with Gasteiger partial charge in [-0.25, -0.2) is 4.99 Å². The molecule has 2 rings (SSSR count). The number of anilines is 1. The highest BCUT2D eigenvalue weighted by Gasteiger charge is 2.15. The summed E-state index contributed by atoms with van der Waals surface area (Å²) in [5.41, 5.74) is 14.5. The van der Waals surface area contributed by atoms with Gasteiger partial charge in [0.2, 0.25) is 0 Å². The van der Waals surface area contributed by atoms with E-state index in [1.807, 2.05) is 25.1 Å². The van der Waals surface area contributed by atoms with Crippen LogP contribution >= 0.6 is 0 Å². The van der Waals surface area contributed by atoms with Crippen molar-refractivity contribution >= 4 is 29.2 Å². The van der Waals surface area contributed by atoms with Gasteiger partial charge in [0.1, 0.15) is 0 Å². The van der Waals surface area contributed by atoms with E-state index in [-0.39, 0.29) is 18.3 Å². The van der Waals surface area contributed by atoms with E-state index in [0.717, 1.165) is 23.2 Å². The quantitative estimate of drug-likeness (QED) is 0.512. The maximum absolute atomic E-state index is 12.8. The van der Waals surface area contributed by atoms with E-state index in [9.17, 15) is 9.59 Å². The molecule has 0 saturated heterocycles. The molecule has 27 heavy (non-hydrogen) atoms. The Bertz CT molecular complexity index is 873. The molecule has 0 aromatic heterocycles. The van der Waals surface area contributed by atoms with Gasteiger partial charge in [0.15, 0.2) is 5.96 Å². The Balaban J connectivity index is 2.26. The summed E-state index contributed by atoms with van der Waals surface area (Å²) in [6.07, 6.45) is 1.31. The van der Waals surface area contributed by atoms with Crippen molar-refractivity contribution in [3.63, 3.8) is 0 Å². The SMILES string of the molecule is CCc1cc(N(C)C(=O)c2cccc(N=C(N)N)c2)ccc1CCC(=O)O. The molecule has 0 aliphatic rings. The third-order valence-electron chi connectivity index (χ3n) is 4.22. The number of carbonyl (C=O) groups is 2. The molecule has 1 amide bonds. The highest BCUT2D eigenvalue weighted by atomic mass is 16.4. The van der Waals surface area contributed by atoms with Crippen LogP contribution in [0.3, 0.4) is 0 Å². The van der Waals surface area contributed by atoms with Crippen LogP contribution in [0.1, 0.15) is 34.8 Å². The molecular formula is C20H24N4O3. The van der Waals surface area contributed by atoms with Crippen LogP contribution in [0.5, 0.6) is 0 Å². The topological polar surface area (TPSA) is 122 Å². The van der Waals surface area contributed by atoms with Crippen molar-refractivity contribution < 1.29 is 14.7 Å². The number of hydrogen-bond donors (Lipinski definition) is 3. The Morgan fingerprint density at radius 2 is 1.85 bits per heavy atom. The monoisotopic (exact) mass is 368 g/mol. The molecule has 0 radical (unpaired) electrons. The average molecular weight is 368 g/mol. The first-order valence-corrected chi connectivity index (χ1v) is 8.63. The van der Waals surface area contributed by atoms with Crippen LogP contribution < -0.4 is 16.4 Å². The average Bonchev–Trinajstić information content (AvgIpc) is 2.64. The number of guanidine groups is 1. The molecule has 0 atom stereocenters. The lowest BCUT2D eigenvalue weighted by Gasteiger charge is -2.20. The Labute approximate surface area is 158 Å². The molecule has 2 aromatic rings. The van der Waals surface area contributed by atoms with Crippen molar-refractivity contribution in [2.24, 2.45) is 16.5 Å². The van der Waals surface area contributed by atoms with Crippen molar-refractivity contribution in [3.8, 4) is 0 Å². The summed E-state index contributed by atoms with van der Waals surface area (Å²) < 4.78 is 0. The molecule has 0 fully saturated rings. The van der Waals surface area contributed by atoms with E-state index < -0.39 is 5.97 Å². The minimum atomic E-state index is -0.825. The second-order valence-corrected chi connectivity index (χ2v) is 6.15. The second kappa shape index (κ2) is 8.84. The molecule has 0 aliphatic carbocycles. The molecule has 0 saturated carbocycles. The number of aliphatic carboxylic acids is 1. The molecule has 5 N–H and O–H groups in total.